The molecule has 32 heavy (non-hydrogen) atoms. The molecule has 2 aromatic rings. The van der Waals surface area contributed by atoms with Gasteiger partial charge in [-0.2, -0.15) is 13.2 Å². The average molecular weight is 476 g/mol. The maximum Gasteiger partial charge on any atom is 0.416 e. The number of benzene rings is 2. The van der Waals surface area contributed by atoms with E-state index < -0.39 is 34.4 Å². The molecule has 172 valence electrons. The summed E-state index contributed by atoms with van der Waals surface area (Å²) in [6.07, 6.45) is -3.00. The number of nitrogens with zero attached hydrogens (tertiary/aromatic N) is 1. The standard InChI is InChI=1S/C20H17ClF3NO7/c1-12(11-26)31-19(27)3-2-8-30-18-10-14(5-6-16(18)25(28)29)32-17-7-4-13(9-15(17)21)20(22,23)24/h2-7,9-10,12,26H,8,11H2,1H3. The zero-order valence-electron chi connectivity index (χ0n) is 16.5. The SMILES string of the molecule is CC(CO)OC(=O)C=CCOc1cc(Oc2ccc(C(F)(F)F)cc2Cl)ccc1[N+](=O)[O-]. The molecule has 0 radical (unpaired) electrons. The molecule has 0 saturated carbocycles. The summed E-state index contributed by atoms with van der Waals surface area (Å²) in [5, 5.41) is 19.7. The van der Waals surface area contributed by atoms with Crippen LogP contribution in [0.15, 0.2) is 48.6 Å². The third-order valence-corrected chi connectivity index (χ3v) is 4.07. The van der Waals surface area contributed by atoms with Crippen LogP contribution in [0, 0.1) is 10.1 Å². The lowest BCUT2D eigenvalue weighted by Gasteiger charge is -2.12. The minimum Gasteiger partial charge on any atom is -0.482 e. The zero-order chi connectivity index (χ0) is 23.9. The van der Waals surface area contributed by atoms with Crippen LogP contribution in [-0.2, 0) is 15.7 Å². The number of hydrogen-bond acceptors (Lipinski definition) is 7. The van der Waals surface area contributed by atoms with Crippen molar-refractivity contribution in [1.82, 2.24) is 0 Å². The number of carbonyl (C=O) groups is 1. The summed E-state index contributed by atoms with van der Waals surface area (Å²) in [5.74, 6) is -1.02. The van der Waals surface area contributed by atoms with Crippen molar-refractivity contribution in [2.24, 2.45) is 0 Å². The number of ether oxygens (including phenoxy) is 3. The number of nitro groups is 1. The molecule has 0 bridgehead atoms. The Hall–Kier alpha value is -3.31. The Kier molecular flexibility index (Phi) is 8.44. The van der Waals surface area contributed by atoms with E-state index in [1.807, 2.05) is 0 Å². The first-order valence-electron chi connectivity index (χ1n) is 8.95. The summed E-state index contributed by atoms with van der Waals surface area (Å²) >= 11 is 5.85. The van der Waals surface area contributed by atoms with E-state index in [2.05, 4.69) is 0 Å². The van der Waals surface area contributed by atoms with Crippen molar-refractivity contribution >= 4 is 23.3 Å². The number of rotatable bonds is 9. The second-order valence-electron chi connectivity index (χ2n) is 6.28. The molecule has 12 heteroatoms. The summed E-state index contributed by atoms with van der Waals surface area (Å²) in [7, 11) is 0. The highest BCUT2D eigenvalue weighted by atomic mass is 35.5. The summed E-state index contributed by atoms with van der Waals surface area (Å²) < 4.78 is 53.8. The minimum atomic E-state index is -4.58. The van der Waals surface area contributed by atoms with Gasteiger partial charge in [-0.3, -0.25) is 10.1 Å². The molecule has 0 amide bonds. The van der Waals surface area contributed by atoms with Crippen molar-refractivity contribution in [2.45, 2.75) is 19.2 Å². The van der Waals surface area contributed by atoms with E-state index in [0.717, 1.165) is 30.3 Å². The second-order valence-corrected chi connectivity index (χ2v) is 6.68. The summed E-state index contributed by atoms with van der Waals surface area (Å²) in [4.78, 5) is 22.0. The second kappa shape index (κ2) is 10.8. The van der Waals surface area contributed by atoms with Gasteiger partial charge in [0.2, 0.25) is 5.75 Å². The number of esters is 1. The van der Waals surface area contributed by atoms with Gasteiger partial charge in [-0.15, -0.1) is 0 Å². The molecule has 2 rings (SSSR count). The number of halogens is 4. The largest absolute Gasteiger partial charge is 0.482 e. The summed E-state index contributed by atoms with van der Waals surface area (Å²) in [6.45, 7) is 0.895. The number of carbonyl (C=O) groups excluding carboxylic acids is 1. The lowest BCUT2D eigenvalue weighted by Crippen LogP contribution is -2.16. The van der Waals surface area contributed by atoms with E-state index in [1.54, 1.807) is 0 Å². The molecule has 0 aliphatic carbocycles. The highest BCUT2D eigenvalue weighted by Gasteiger charge is 2.31. The van der Waals surface area contributed by atoms with E-state index >= 15 is 0 Å². The Balaban J connectivity index is 2.14. The van der Waals surface area contributed by atoms with E-state index in [4.69, 9.17) is 30.9 Å². The Bertz CT molecular complexity index is 1010. The molecular weight excluding hydrogens is 459 g/mol. The molecular formula is C20H17ClF3NO7. The van der Waals surface area contributed by atoms with Gasteiger partial charge in [0.15, 0.2) is 0 Å². The van der Waals surface area contributed by atoms with E-state index in [9.17, 15) is 28.1 Å². The topological polar surface area (TPSA) is 108 Å². The van der Waals surface area contributed by atoms with E-state index in [0.29, 0.717) is 6.07 Å². The van der Waals surface area contributed by atoms with Crippen LogP contribution in [0.1, 0.15) is 12.5 Å². The number of nitro benzene ring substituents is 1. The number of alkyl halides is 3. The molecule has 1 N–H and O–H groups in total. The predicted octanol–water partition coefficient (Wildman–Crippen LogP) is 4.92. The van der Waals surface area contributed by atoms with Crippen molar-refractivity contribution in [2.75, 3.05) is 13.2 Å². The van der Waals surface area contributed by atoms with Crippen LogP contribution in [0.25, 0.3) is 0 Å². The molecule has 0 aliphatic heterocycles. The maximum atomic E-state index is 12.8. The fourth-order valence-electron chi connectivity index (χ4n) is 2.27. The van der Waals surface area contributed by atoms with Crippen molar-refractivity contribution in [3.63, 3.8) is 0 Å². The molecule has 0 aromatic heterocycles. The first-order chi connectivity index (χ1) is 15.0. The Morgan fingerprint density at radius 3 is 2.56 bits per heavy atom. The molecule has 1 unspecified atom stereocenters. The molecule has 8 nitrogen and oxygen atoms in total. The predicted molar refractivity (Wildman–Crippen MR) is 107 cm³/mol. The highest BCUT2D eigenvalue weighted by molar-refractivity contribution is 6.32. The molecule has 0 heterocycles. The lowest BCUT2D eigenvalue weighted by molar-refractivity contribution is -0.385. The molecule has 0 saturated heterocycles. The minimum absolute atomic E-state index is 0.0208. The van der Waals surface area contributed by atoms with Crippen LogP contribution in [0.3, 0.4) is 0 Å². The van der Waals surface area contributed by atoms with Crippen molar-refractivity contribution in [3.8, 4) is 17.2 Å². The first kappa shape index (κ1) is 25.0. The number of hydrogen-bond donors (Lipinski definition) is 1. The Morgan fingerprint density at radius 2 is 1.97 bits per heavy atom. The molecule has 0 aliphatic rings. The molecule has 2 aromatic carbocycles. The van der Waals surface area contributed by atoms with Gasteiger partial charge < -0.3 is 19.3 Å². The van der Waals surface area contributed by atoms with Gasteiger partial charge in [0.05, 0.1) is 22.1 Å². The maximum absolute atomic E-state index is 12.8. The van der Waals surface area contributed by atoms with Crippen LogP contribution < -0.4 is 9.47 Å². The smallest absolute Gasteiger partial charge is 0.416 e. The van der Waals surface area contributed by atoms with Gasteiger partial charge in [0, 0.05) is 18.2 Å². The summed E-state index contributed by atoms with van der Waals surface area (Å²) in [6, 6.07) is 5.97. The quantitative estimate of drug-likeness (QED) is 0.237. The summed E-state index contributed by atoms with van der Waals surface area (Å²) in [5.41, 5.74) is -1.36. The normalized spacial score (nSPS) is 12.4. The van der Waals surface area contributed by atoms with Crippen LogP contribution in [0.2, 0.25) is 5.02 Å². The van der Waals surface area contributed by atoms with Crippen molar-refractivity contribution < 1.29 is 42.2 Å². The molecule has 0 fully saturated rings. The van der Waals surface area contributed by atoms with Crippen LogP contribution in [-0.4, -0.2) is 35.3 Å². The van der Waals surface area contributed by atoms with Gasteiger partial charge >= 0.3 is 17.8 Å². The first-order valence-corrected chi connectivity index (χ1v) is 9.33. The van der Waals surface area contributed by atoms with Crippen LogP contribution >= 0.6 is 11.6 Å². The Labute approximate surface area is 184 Å². The average Bonchev–Trinajstić information content (AvgIpc) is 2.71. The van der Waals surface area contributed by atoms with Crippen molar-refractivity contribution in [1.29, 1.82) is 0 Å². The van der Waals surface area contributed by atoms with Gasteiger partial charge in [-0.1, -0.05) is 11.6 Å². The fourth-order valence-corrected chi connectivity index (χ4v) is 2.49. The monoisotopic (exact) mass is 475 g/mol. The Morgan fingerprint density at radius 1 is 1.25 bits per heavy atom. The van der Waals surface area contributed by atoms with Gasteiger partial charge in [-0.25, -0.2) is 4.79 Å². The third-order valence-electron chi connectivity index (χ3n) is 3.78. The fraction of sp³-hybridized carbons (Fsp3) is 0.250. The van der Waals surface area contributed by atoms with Gasteiger partial charge in [0.1, 0.15) is 24.2 Å². The van der Waals surface area contributed by atoms with E-state index in [-0.39, 0.29) is 35.5 Å². The van der Waals surface area contributed by atoms with Crippen LogP contribution in [0.4, 0.5) is 18.9 Å². The van der Waals surface area contributed by atoms with Crippen LogP contribution in [0.5, 0.6) is 17.2 Å². The lowest BCUT2D eigenvalue weighted by atomic mass is 10.2. The molecule has 0 spiro atoms. The van der Waals surface area contributed by atoms with E-state index in [1.165, 1.54) is 19.1 Å². The highest BCUT2D eigenvalue weighted by Crippen LogP contribution is 2.38. The number of aliphatic hydroxyl groups excluding tert-OH is 1. The third kappa shape index (κ3) is 7.13. The van der Waals surface area contributed by atoms with Gasteiger partial charge in [-0.05, 0) is 37.3 Å². The number of aliphatic hydroxyl groups is 1. The zero-order valence-corrected chi connectivity index (χ0v) is 17.2. The van der Waals surface area contributed by atoms with Crippen molar-refractivity contribution in [3.05, 3.63) is 69.3 Å². The molecule has 1 atom stereocenters. The van der Waals surface area contributed by atoms with Gasteiger partial charge in [0.25, 0.3) is 0 Å².